The molecule has 0 unspecified atom stereocenters. The van der Waals surface area contributed by atoms with E-state index in [-0.39, 0.29) is 11.4 Å². The Morgan fingerprint density at radius 2 is 1.72 bits per heavy atom. The number of sulfonamides is 1. The van der Waals surface area contributed by atoms with Crippen LogP contribution < -0.4 is 4.80 Å². The first kappa shape index (κ1) is 22.4. The van der Waals surface area contributed by atoms with E-state index in [9.17, 15) is 13.2 Å². The van der Waals surface area contributed by atoms with Crippen molar-refractivity contribution >= 4 is 49.1 Å². The van der Waals surface area contributed by atoms with Crippen LogP contribution in [0.2, 0.25) is 5.02 Å². The van der Waals surface area contributed by atoms with Crippen LogP contribution in [0.3, 0.4) is 0 Å². The Kier molecular flexibility index (Phi) is 6.30. The summed E-state index contributed by atoms with van der Waals surface area (Å²) < 4.78 is 29.8. The lowest BCUT2D eigenvalue weighted by atomic mass is 10.2. The van der Waals surface area contributed by atoms with Crippen molar-refractivity contribution in [3.63, 3.8) is 0 Å². The molecule has 1 heterocycles. The van der Waals surface area contributed by atoms with Gasteiger partial charge in [-0.2, -0.15) is 9.30 Å². The minimum absolute atomic E-state index is 0.117. The standard InChI is InChI=1S/C23H20ClN3O3S2/c1-26(15-16-7-4-3-5-8-16)32(29,30)18-13-11-17(12-14-18)22(28)25-23-27(2)21-19(24)9-6-10-20(21)31-23/h3-14H,15H2,1-2H3. The van der Waals surface area contributed by atoms with Gasteiger partial charge in [-0.3, -0.25) is 4.79 Å². The molecule has 4 rings (SSSR count). The second-order valence-corrected chi connectivity index (χ2v) is 10.7. The summed E-state index contributed by atoms with van der Waals surface area (Å²) in [5.41, 5.74) is 2.01. The SMILES string of the molecule is CN(Cc1ccccc1)S(=O)(=O)c1ccc(C(=O)N=c2sc3cccc(Cl)c3n2C)cc1. The van der Waals surface area contributed by atoms with Crippen LogP contribution in [0.15, 0.2) is 82.7 Å². The van der Waals surface area contributed by atoms with Crippen molar-refractivity contribution in [1.82, 2.24) is 8.87 Å². The van der Waals surface area contributed by atoms with Gasteiger partial charge in [0.25, 0.3) is 5.91 Å². The molecular formula is C23H20ClN3O3S2. The highest BCUT2D eigenvalue weighted by Gasteiger charge is 2.21. The van der Waals surface area contributed by atoms with Crippen molar-refractivity contribution in [3.8, 4) is 0 Å². The summed E-state index contributed by atoms with van der Waals surface area (Å²) in [5, 5.41) is 0.587. The van der Waals surface area contributed by atoms with Crippen molar-refractivity contribution in [2.45, 2.75) is 11.4 Å². The molecule has 0 N–H and O–H groups in total. The number of para-hydroxylation sites is 1. The van der Waals surface area contributed by atoms with Crippen LogP contribution in [0.1, 0.15) is 15.9 Å². The molecule has 4 aromatic rings. The lowest BCUT2D eigenvalue weighted by molar-refractivity contribution is 0.0998. The number of thiazole rings is 1. The molecule has 0 aliphatic heterocycles. The van der Waals surface area contributed by atoms with Gasteiger partial charge in [0.1, 0.15) is 0 Å². The molecule has 0 radical (unpaired) electrons. The maximum atomic E-state index is 12.9. The van der Waals surface area contributed by atoms with Crippen LogP contribution >= 0.6 is 22.9 Å². The average molecular weight is 486 g/mol. The molecule has 0 saturated carbocycles. The Bertz CT molecular complexity index is 1460. The van der Waals surface area contributed by atoms with Crippen molar-refractivity contribution in [2.75, 3.05) is 7.05 Å². The highest BCUT2D eigenvalue weighted by molar-refractivity contribution is 7.89. The molecule has 0 saturated heterocycles. The summed E-state index contributed by atoms with van der Waals surface area (Å²) in [5.74, 6) is -0.454. The number of carbonyl (C=O) groups excluding carboxylic acids is 1. The molecule has 1 aromatic heterocycles. The molecule has 0 aliphatic carbocycles. The number of aromatic nitrogens is 1. The summed E-state index contributed by atoms with van der Waals surface area (Å²) in [6, 6.07) is 20.7. The van der Waals surface area contributed by atoms with Crippen LogP contribution in [-0.4, -0.2) is 30.2 Å². The summed E-state index contributed by atoms with van der Waals surface area (Å²) in [4.78, 5) is 17.5. The Balaban J connectivity index is 1.58. The first-order chi connectivity index (χ1) is 15.3. The largest absolute Gasteiger partial charge is 0.318 e. The zero-order valence-electron chi connectivity index (χ0n) is 17.4. The van der Waals surface area contributed by atoms with Crippen LogP contribution in [0, 0.1) is 0 Å². The molecule has 164 valence electrons. The third kappa shape index (κ3) is 4.40. The third-order valence-electron chi connectivity index (χ3n) is 5.03. The molecule has 0 fully saturated rings. The minimum Gasteiger partial charge on any atom is -0.318 e. The van der Waals surface area contributed by atoms with E-state index in [4.69, 9.17) is 11.6 Å². The molecule has 9 heteroatoms. The third-order valence-corrected chi connectivity index (χ3v) is 8.25. The number of fused-ring (bicyclic) bond motifs is 1. The lowest BCUT2D eigenvalue weighted by Crippen LogP contribution is -2.26. The highest BCUT2D eigenvalue weighted by Crippen LogP contribution is 2.24. The van der Waals surface area contributed by atoms with E-state index in [1.165, 1.54) is 47.0 Å². The molecule has 6 nitrogen and oxygen atoms in total. The smallest absolute Gasteiger partial charge is 0.279 e. The maximum absolute atomic E-state index is 12.9. The number of halogens is 1. The second-order valence-electron chi connectivity index (χ2n) is 7.22. The molecule has 0 spiro atoms. The predicted molar refractivity (Wildman–Crippen MR) is 127 cm³/mol. The van der Waals surface area contributed by atoms with E-state index >= 15 is 0 Å². The molecular weight excluding hydrogens is 466 g/mol. The average Bonchev–Trinajstić information content (AvgIpc) is 3.10. The molecule has 0 aliphatic rings. The number of benzene rings is 3. The zero-order chi connectivity index (χ0) is 22.9. The monoisotopic (exact) mass is 485 g/mol. The van der Waals surface area contributed by atoms with Gasteiger partial charge in [0, 0.05) is 26.2 Å². The minimum atomic E-state index is -3.69. The molecule has 32 heavy (non-hydrogen) atoms. The van der Waals surface area contributed by atoms with E-state index in [1.54, 1.807) is 17.7 Å². The Labute approximate surface area is 195 Å². The number of amides is 1. The van der Waals surface area contributed by atoms with E-state index in [0.29, 0.717) is 15.4 Å². The Hall–Kier alpha value is -2.78. The first-order valence-electron chi connectivity index (χ1n) is 9.71. The summed E-state index contributed by atoms with van der Waals surface area (Å²) in [6.45, 7) is 0.254. The predicted octanol–water partition coefficient (Wildman–Crippen LogP) is 4.46. The van der Waals surface area contributed by atoms with Gasteiger partial charge in [0.2, 0.25) is 10.0 Å². The van der Waals surface area contributed by atoms with Crippen molar-refractivity contribution in [1.29, 1.82) is 0 Å². The first-order valence-corrected chi connectivity index (χ1v) is 12.3. The van der Waals surface area contributed by atoms with E-state index in [0.717, 1.165) is 15.8 Å². The number of rotatable bonds is 5. The summed E-state index contributed by atoms with van der Waals surface area (Å²) in [7, 11) is -0.361. The van der Waals surface area contributed by atoms with Crippen molar-refractivity contribution in [3.05, 3.63) is 93.7 Å². The topological polar surface area (TPSA) is 71.7 Å². The van der Waals surface area contributed by atoms with Gasteiger partial charge in [0.15, 0.2) is 4.80 Å². The fourth-order valence-electron chi connectivity index (χ4n) is 3.29. The zero-order valence-corrected chi connectivity index (χ0v) is 19.8. The van der Waals surface area contributed by atoms with E-state index < -0.39 is 15.9 Å². The highest BCUT2D eigenvalue weighted by atomic mass is 35.5. The fraction of sp³-hybridized carbons (Fsp3) is 0.130. The maximum Gasteiger partial charge on any atom is 0.279 e. The fourth-order valence-corrected chi connectivity index (χ4v) is 5.85. The Morgan fingerprint density at radius 3 is 2.38 bits per heavy atom. The summed E-state index contributed by atoms with van der Waals surface area (Å²) >= 11 is 7.63. The van der Waals surface area contributed by atoms with Gasteiger partial charge in [-0.1, -0.05) is 59.3 Å². The van der Waals surface area contributed by atoms with Crippen LogP contribution in [0.25, 0.3) is 10.2 Å². The normalized spacial score (nSPS) is 12.6. The number of hydrogen-bond acceptors (Lipinski definition) is 4. The molecule has 1 amide bonds. The van der Waals surface area contributed by atoms with Gasteiger partial charge in [-0.15, -0.1) is 0 Å². The molecule has 0 atom stereocenters. The molecule has 3 aromatic carbocycles. The quantitative estimate of drug-likeness (QED) is 0.419. The van der Waals surface area contributed by atoms with Gasteiger partial charge in [0.05, 0.1) is 20.1 Å². The Morgan fingerprint density at radius 1 is 1.03 bits per heavy atom. The van der Waals surface area contributed by atoms with Crippen molar-refractivity contribution in [2.24, 2.45) is 12.0 Å². The van der Waals surface area contributed by atoms with Crippen molar-refractivity contribution < 1.29 is 13.2 Å². The van der Waals surface area contributed by atoms with Gasteiger partial charge in [-0.25, -0.2) is 8.42 Å². The van der Waals surface area contributed by atoms with Crippen LogP contribution in [0.5, 0.6) is 0 Å². The molecule has 0 bridgehead atoms. The number of hydrogen-bond donors (Lipinski definition) is 0. The lowest BCUT2D eigenvalue weighted by Gasteiger charge is -2.17. The van der Waals surface area contributed by atoms with E-state index in [2.05, 4.69) is 4.99 Å². The van der Waals surface area contributed by atoms with E-state index in [1.807, 2.05) is 42.5 Å². The number of nitrogens with zero attached hydrogens (tertiary/aromatic N) is 3. The van der Waals surface area contributed by atoms with Crippen LogP contribution in [-0.2, 0) is 23.6 Å². The van der Waals surface area contributed by atoms with Gasteiger partial charge >= 0.3 is 0 Å². The van der Waals surface area contributed by atoms with Gasteiger partial charge < -0.3 is 4.57 Å². The second kappa shape index (κ2) is 8.99. The van der Waals surface area contributed by atoms with Crippen LogP contribution in [0.4, 0.5) is 0 Å². The number of carbonyl (C=O) groups is 1. The van der Waals surface area contributed by atoms with Gasteiger partial charge in [-0.05, 0) is 42.0 Å². The summed E-state index contributed by atoms with van der Waals surface area (Å²) in [6.07, 6.45) is 0. The number of aryl methyl sites for hydroxylation is 1.